The van der Waals surface area contributed by atoms with Crippen LogP contribution >= 0.6 is 0 Å². The first-order valence-corrected chi connectivity index (χ1v) is 16.7. The second-order valence-corrected chi connectivity index (χ2v) is 12.9. The quantitative estimate of drug-likeness (QED) is 0.234. The van der Waals surface area contributed by atoms with Gasteiger partial charge in [0.15, 0.2) is 0 Å². The van der Waals surface area contributed by atoms with Crippen molar-refractivity contribution in [2.24, 2.45) is 5.92 Å². The second kappa shape index (κ2) is 15.7. The Bertz CT molecular complexity index is 1510. The Balaban J connectivity index is 1.04. The van der Waals surface area contributed by atoms with Crippen LogP contribution in [0, 0.1) is 17.6 Å². The maximum Gasteiger partial charge on any atom is 0.246 e. The fraction of sp³-hybridized carbons (Fsp3) is 0.459. The fourth-order valence-electron chi connectivity index (χ4n) is 6.62. The average molecular weight is 664 g/mol. The fourth-order valence-corrected chi connectivity index (χ4v) is 6.62. The molecule has 0 spiro atoms. The number of carbonyl (C=O) groups excluding carboxylic acids is 2. The van der Waals surface area contributed by atoms with Gasteiger partial charge < -0.3 is 29.5 Å². The van der Waals surface area contributed by atoms with E-state index in [4.69, 9.17) is 14.2 Å². The number of hydrogen-bond acceptors (Lipinski definition) is 7. The Morgan fingerprint density at radius 3 is 2.27 bits per heavy atom. The van der Waals surface area contributed by atoms with Crippen molar-refractivity contribution in [1.82, 2.24) is 10.2 Å². The minimum absolute atomic E-state index is 0.0163. The van der Waals surface area contributed by atoms with Gasteiger partial charge in [0.05, 0.1) is 44.5 Å². The number of rotatable bonds is 15. The summed E-state index contributed by atoms with van der Waals surface area (Å²) in [4.78, 5) is 29.8. The lowest BCUT2D eigenvalue weighted by Gasteiger charge is -2.48. The third-order valence-corrected chi connectivity index (χ3v) is 9.61. The predicted molar refractivity (Wildman–Crippen MR) is 175 cm³/mol. The highest BCUT2D eigenvalue weighted by atomic mass is 19.1. The molecule has 11 heteroatoms. The van der Waals surface area contributed by atoms with Gasteiger partial charge in [0.2, 0.25) is 11.8 Å². The van der Waals surface area contributed by atoms with E-state index in [1.54, 1.807) is 29.2 Å². The third-order valence-electron chi connectivity index (χ3n) is 9.61. The predicted octanol–water partition coefficient (Wildman–Crippen LogP) is 4.35. The molecule has 2 unspecified atom stereocenters. The summed E-state index contributed by atoms with van der Waals surface area (Å²) in [5.74, 6) is -1.36. The lowest BCUT2D eigenvalue weighted by Crippen LogP contribution is -2.55. The summed E-state index contributed by atoms with van der Waals surface area (Å²) in [5.41, 5.74) is 2.74. The number of halogens is 2. The lowest BCUT2D eigenvalue weighted by molar-refractivity contribution is -0.212. The molecule has 48 heavy (non-hydrogen) atoms. The Hall–Kier alpha value is -3.74. The molecule has 3 heterocycles. The second-order valence-electron chi connectivity index (χ2n) is 12.9. The van der Waals surface area contributed by atoms with Gasteiger partial charge in [-0.05, 0) is 78.8 Å². The van der Waals surface area contributed by atoms with E-state index in [2.05, 4.69) is 10.2 Å². The highest BCUT2D eigenvalue weighted by Gasteiger charge is 2.48. The number of β-lactam (4-membered cyclic amide) rings is 1. The van der Waals surface area contributed by atoms with Crippen LogP contribution in [0.2, 0.25) is 0 Å². The first kappa shape index (κ1) is 34.1. The zero-order valence-electron chi connectivity index (χ0n) is 27.0. The van der Waals surface area contributed by atoms with Gasteiger partial charge in [0.1, 0.15) is 23.8 Å². The van der Waals surface area contributed by atoms with Crippen molar-refractivity contribution in [3.8, 4) is 0 Å². The van der Waals surface area contributed by atoms with E-state index in [0.29, 0.717) is 50.3 Å². The molecule has 6 rings (SSSR count). The zero-order valence-corrected chi connectivity index (χ0v) is 27.0. The molecule has 3 saturated heterocycles. The minimum Gasteiger partial charge on any atom is -0.388 e. The van der Waals surface area contributed by atoms with Gasteiger partial charge in [-0.15, -0.1) is 0 Å². The van der Waals surface area contributed by atoms with Crippen molar-refractivity contribution in [1.29, 1.82) is 0 Å². The topological polar surface area (TPSA) is 101 Å². The van der Waals surface area contributed by atoms with Crippen molar-refractivity contribution in [2.75, 3.05) is 64.1 Å². The highest BCUT2D eigenvalue weighted by Crippen LogP contribution is 2.46. The van der Waals surface area contributed by atoms with Crippen molar-refractivity contribution in [3.63, 3.8) is 0 Å². The first-order valence-electron chi connectivity index (χ1n) is 16.7. The number of aryl methyl sites for hydroxylation is 1. The molecule has 0 aromatic heterocycles. The molecular weight excluding hydrogens is 620 g/mol. The average Bonchev–Trinajstić information content (AvgIpc) is 3.08. The Morgan fingerprint density at radius 1 is 0.958 bits per heavy atom. The molecule has 9 nitrogen and oxygen atoms in total. The van der Waals surface area contributed by atoms with Gasteiger partial charge in [-0.3, -0.25) is 14.5 Å². The molecule has 3 atom stereocenters. The van der Waals surface area contributed by atoms with Crippen LogP contribution in [0.4, 0.5) is 14.5 Å². The largest absolute Gasteiger partial charge is 0.388 e. The van der Waals surface area contributed by atoms with E-state index in [9.17, 15) is 23.5 Å². The van der Waals surface area contributed by atoms with Gasteiger partial charge in [-0.2, -0.15) is 0 Å². The zero-order chi connectivity index (χ0) is 33.5. The molecule has 3 aliphatic heterocycles. The summed E-state index contributed by atoms with van der Waals surface area (Å²) < 4.78 is 44.0. The number of benzene rings is 3. The number of ether oxygens (including phenoxy) is 3. The first-order chi connectivity index (χ1) is 23.3. The lowest BCUT2D eigenvalue weighted by atomic mass is 9.78. The van der Waals surface area contributed by atoms with E-state index < -0.39 is 11.7 Å². The Morgan fingerprint density at radius 2 is 1.62 bits per heavy atom. The van der Waals surface area contributed by atoms with Crippen LogP contribution in [0.1, 0.15) is 48.1 Å². The molecule has 2 amide bonds. The summed E-state index contributed by atoms with van der Waals surface area (Å²) in [6.07, 6.45) is 1.36. The van der Waals surface area contributed by atoms with E-state index in [0.717, 1.165) is 50.4 Å². The molecule has 0 saturated carbocycles. The van der Waals surface area contributed by atoms with Crippen LogP contribution in [0.25, 0.3) is 0 Å². The molecule has 256 valence electrons. The van der Waals surface area contributed by atoms with Crippen molar-refractivity contribution < 1.29 is 37.7 Å². The summed E-state index contributed by atoms with van der Waals surface area (Å²) in [6, 6.07) is 19.4. The van der Waals surface area contributed by atoms with Crippen LogP contribution in [0.5, 0.6) is 0 Å². The molecule has 2 N–H and O–H groups in total. The molecular formula is C37H43F2N3O6. The van der Waals surface area contributed by atoms with Crippen LogP contribution in [0.3, 0.4) is 0 Å². The smallest absolute Gasteiger partial charge is 0.246 e. The summed E-state index contributed by atoms with van der Waals surface area (Å²) >= 11 is 0. The van der Waals surface area contributed by atoms with Crippen molar-refractivity contribution in [3.05, 3.63) is 101 Å². The Labute approximate surface area is 279 Å². The normalized spacial score (nSPS) is 21.3. The van der Waals surface area contributed by atoms with E-state index >= 15 is 0 Å². The minimum atomic E-state index is -0.826. The monoisotopic (exact) mass is 663 g/mol. The number of aliphatic hydroxyl groups is 1. The highest BCUT2D eigenvalue weighted by molar-refractivity contribution is 6.03. The van der Waals surface area contributed by atoms with Gasteiger partial charge in [-0.25, -0.2) is 8.78 Å². The number of morpholine rings is 1. The molecule has 0 aliphatic carbocycles. The maximum atomic E-state index is 13.7. The van der Waals surface area contributed by atoms with Crippen LogP contribution in [-0.4, -0.2) is 86.6 Å². The standard InChI is InChI=1S/C37H43F2N3O6/c38-29-7-5-27(6-8-29)33(43)14-13-32-35(42(36(32)45)31-11-9-30(39)10-12-31)28-3-1-26(2-4-28)15-16-37(24-47-25-37)48-23-34(44)40-17-18-41-19-21-46-22-20-41/h1-12,32-33,35,43H,13-25H2,(H,40,44)/t32-,33?,35?/m1/s1. The molecule has 3 aromatic rings. The van der Waals surface area contributed by atoms with Crippen LogP contribution < -0.4 is 10.2 Å². The van der Waals surface area contributed by atoms with Crippen molar-refractivity contribution in [2.45, 2.75) is 43.4 Å². The van der Waals surface area contributed by atoms with Gasteiger partial charge in [-0.1, -0.05) is 36.4 Å². The molecule has 3 aliphatic rings. The van der Waals surface area contributed by atoms with E-state index in [1.807, 2.05) is 24.3 Å². The number of nitrogens with zero attached hydrogens (tertiary/aromatic N) is 2. The number of aliphatic hydroxyl groups excluding tert-OH is 1. The number of carbonyl (C=O) groups is 2. The maximum absolute atomic E-state index is 13.7. The number of nitrogens with one attached hydrogen (secondary N) is 1. The molecule has 3 aromatic carbocycles. The SMILES string of the molecule is O=C(COC1(CCc2ccc(C3[C@@H](CCC(O)c4ccc(F)cc4)C(=O)N3c3ccc(F)cc3)cc2)COC1)NCCN1CCOCC1. The van der Waals surface area contributed by atoms with Gasteiger partial charge in [0, 0.05) is 31.9 Å². The van der Waals surface area contributed by atoms with E-state index in [-0.39, 0.29) is 42.0 Å². The number of anilines is 1. The molecule has 3 fully saturated rings. The third kappa shape index (κ3) is 8.27. The molecule has 0 bridgehead atoms. The summed E-state index contributed by atoms with van der Waals surface area (Å²) in [6.45, 7) is 5.42. The van der Waals surface area contributed by atoms with Gasteiger partial charge in [0.25, 0.3) is 0 Å². The van der Waals surface area contributed by atoms with E-state index in [1.165, 1.54) is 24.3 Å². The summed E-state index contributed by atoms with van der Waals surface area (Å²) in [7, 11) is 0. The van der Waals surface area contributed by atoms with Crippen LogP contribution in [0.15, 0.2) is 72.8 Å². The van der Waals surface area contributed by atoms with Crippen LogP contribution in [-0.2, 0) is 30.2 Å². The Kier molecular flexibility index (Phi) is 11.1. The number of hydrogen-bond donors (Lipinski definition) is 2. The number of amides is 2. The summed E-state index contributed by atoms with van der Waals surface area (Å²) in [5, 5.41) is 13.7. The molecule has 0 radical (unpaired) electrons. The van der Waals surface area contributed by atoms with Crippen molar-refractivity contribution >= 4 is 17.5 Å². The van der Waals surface area contributed by atoms with Gasteiger partial charge >= 0.3 is 0 Å².